The number of carbonyl (C=O) groups is 2. The number of guanidine groups is 1. The molecule has 0 aliphatic carbocycles. The topological polar surface area (TPSA) is 86.7 Å². The SMILES string of the molecule is CN=C(NCCCN1CCN(C(=O)OC(C)(C)C)CC1)N1CCC(C(=O)OC)CC1. The Morgan fingerprint density at radius 2 is 1.67 bits per heavy atom. The van der Waals surface area contributed by atoms with Crippen LogP contribution in [0.4, 0.5) is 4.79 Å². The van der Waals surface area contributed by atoms with Gasteiger partial charge in [0.1, 0.15) is 5.60 Å². The lowest BCUT2D eigenvalue weighted by molar-refractivity contribution is -0.146. The first-order chi connectivity index (χ1) is 14.2. The zero-order valence-electron chi connectivity index (χ0n) is 19.3. The second-order valence-electron chi connectivity index (χ2n) is 8.92. The number of aliphatic imine (C=N–C) groups is 1. The number of methoxy groups -OCH3 is 1. The molecule has 0 spiro atoms. The highest BCUT2D eigenvalue weighted by molar-refractivity contribution is 5.80. The van der Waals surface area contributed by atoms with Crippen molar-refractivity contribution in [1.82, 2.24) is 20.0 Å². The van der Waals surface area contributed by atoms with Crippen molar-refractivity contribution in [3.05, 3.63) is 0 Å². The summed E-state index contributed by atoms with van der Waals surface area (Å²) in [5.41, 5.74) is -0.451. The van der Waals surface area contributed by atoms with E-state index in [-0.39, 0.29) is 18.0 Å². The van der Waals surface area contributed by atoms with Crippen LogP contribution in [0.25, 0.3) is 0 Å². The quantitative estimate of drug-likeness (QED) is 0.308. The molecule has 2 aliphatic rings. The standard InChI is InChI=1S/C21H39N5O4/c1-21(2,3)30-20(28)26-15-13-24(14-16-26)10-6-9-23-19(22-4)25-11-7-17(8-12-25)18(27)29-5/h17H,6-16H2,1-5H3,(H,22,23). The number of esters is 1. The Hall–Kier alpha value is -2.03. The number of nitrogens with zero attached hydrogens (tertiary/aromatic N) is 4. The molecule has 0 saturated carbocycles. The molecule has 1 N–H and O–H groups in total. The molecule has 0 aromatic carbocycles. The zero-order chi connectivity index (χ0) is 22.1. The Morgan fingerprint density at radius 3 is 2.20 bits per heavy atom. The summed E-state index contributed by atoms with van der Waals surface area (Å²) < 4.78 is 10.3. The van der Waals surface area contributed by atoms with Crippen molar-refractivity contribution in [2.24, 2.45) is 10.9 Å². The van der Waals surface area contributed by atoms with Crippen LogP contribution in [0.5, 0.6) is 0 Å². The van der Waals surface area contributed by atoms with Crippen molar-refractivity contribution in [1.29, 1.82) is 0 Å². The molecule has 0 unspecified atom stereocenters. The number of carbonyl (C=O) groups excluding carboxylic acids is 2. The molecule has 0 bridgehead atoms. The Bertz CT molecular complexity index is 589. The fourth-order valence-corrected chi connectivity index (χ4v) is 3.81. The summed E-state index contributed by atoms with van der Waals surface area (Å²) in [5, 5.41) is 3.44. The van der Waals surface area contributed by atoms with Gasteiger partial charge in [0.2, 0.25) is 0 Å². The molecule has 0 atom stereocenters. The summed E-state index contributed by atoms with van der Waals surface area (Å²) in [5.74, 6) is 0.793. The molecule has 2 heterocycles. The summed E-state index contributed by atoms with van der Waals surface area (Å²) in [6.07, 6.45) is 2.39. The number of ether oxygens (including phenoxy) is 2. The summed E-state index contributed by atoms with van der Waals surface area (Å²) >= 11 is 0. The third-order valence-corrected chi connectivity index (χ3v) is 5.50. The summed E-state index contributed by atoms with van der Waals surface area (Å²) in [6, 6.07) is 0. The Morgan fingerprint density at radius 1 is 1.03 bits per heavy atom. The number of nitrogens with one attached hydrogen (secondary N) is 1. The van der Waals surface area contributed by atoms with Crippen LogP contribution >= 0.6 is 0 Å². The van der Waals surface area contributed by atoms with Crippen LogP contribution < -0.4 is 5.32 Å². The lowest BCUT2D eigenvalue weighted by Crippen LogP contribution is -2.50. The van der Waals surface area contributed by atoms with Gasteiger partial charge in [-0.25, -0.2) is 4.79 Å². The third-order valence-electron chi connectivity index (χ3n) is 5.50. The van der Waals surface area contributed by atoms with Crippen LogP contribution in [0.2, 0.25) is 0 Å². The number of likely N-dealkylation sites (tertiary alicyclic amines) is 1. The maximum atomic E-state index is 12.1. The molecular weight excluding hydrogens is 386 g/mol. The molecule has 0 radical (unpaired) electrons. The zero-order valence-corrected chi connectivity index (χ0v) is 19.3. The number of rotatable bonds is 5. The van der Waals surface area contributed by atoms with Crippen molar-refractivity contribution in [2.45, 2.75) is 45.6 Å². The molecule has 1 amide bonds. The van der Waals surface area contributed by atoms with Gasteiger partial charge in [-0.15, -0.1) is 0 Å². The van der Waals surface area contributed by atoms with Crippen LogP contribution in [-0.2, 0) is 14.3 Å². The average Bonchev–Trinajstić information content (AvgIpc) is 2.72. The van der Waals surface area contributed by atoms with Crippen molar-refractivity contribution in [3.63, 3.8) is 0 Å². The molecular formula is C21H39N5O4. The van der Waals surface area contributed by atoms with Gasteiger partial charge in [-0.3, -0.25) is 14.7 Å². The van der Waals surface area contributed by atoms with Crippen molar-refractivity contribution in [3.8, 4) is 0 Å². The Balaban J connectivity index is 1.62. The summed E-state index contributed by atoms with van der Waals surface area (Å²) in [6.45, 7) is 12.3. The highest BCUT2D eigenvalue weighted by Crippen LogP contribution is 2.18. The predicted molar refractivity (Wildman–Crippen MR) is 117 cm³/mol. The van der Waals surface area contributed by atoms with Gasteiger partial charge in [0.15, 0.2) is 5.96 Å². The third kappa shape index (κ3) is 7.66. The van der Waals surface area contributed by atoms with Gasteiger partial charge < -0.3 is 24.6 Å². The van der Waals surface area contributed by atoms with Gasteiger partial charge in [-0.05, 0) is 46.6 Å². The summed E-state index contributed by atoms with van der Waals surface area (Å²) in [7, 11) is 3.25. The van der Waals surface area contributed by atoms with Gasteiger partial charge in [-0.1, -0.05) is 0 Å². The van der Waals surface area contributed by atoms with Crippen LogP contribution in [0.15, 0.2) is 4.99 Å². The number of piperidine rings is 1. The van der Waals surface area contributed by atoms with E-state index in [0.29, 0.717) is 13.1 Å². The van der Waals surface area contributed by atoms with E-state index in [4.69, 9.17) is 9.47 Å². The smallest absolute Gasteiger partial charge is 0.410 e. The second-order valence-corrected chi connectivity index (χ2v) is 8.92. The normalized spacial score (nSPS) is 19.6. The van der Waals surface area contributed by atoms with E-state index in [1.807, 2.05) is 20.8 Å². The minimum atomic E-state index is -0.451. The lowest BCUT2D eigenvalue weighted by atomic mass is 9.97. The first-order valence-electron chi connectivity index (χ1n) is 11.0. The molecule has 2 saturated heterocycles. The van der Waals surface area contributed by atoms with E-state index >= 15 is 0 Å². The Labute approximate surface area is 180 Å². The van der Waals surface area contributed by atoms with Crippen LogP contribution in [0, 0.1) is 5.92 Å². The van der Waals surface area contributed by atoms with Crippen molar-refractivity contribution >= 4 is 18.0 Å². The maximum Gasteiger partial charge on any atom is 0.410 e. The van der Waals surface area contributed by atoms with E-state index in [1.54, 1.807) is 11.9 Å². The van der Waals surface area contributed by atoms with Gasteiger partial charge >= 0.3 is 12.1 Å². The largest absolute Gasteiger partial charge is 0.469 e. The molecule has 30 heavy (non-hydrogen) atoms. The molecule has 2 rings (SSSR count). The monoisotopic (exact) mass is 425 g/mol. The van der Waals surface area contributed by atoms with Crippen LogP contribution in [-0.4, -0.2) is 105 Å². The minimum absolute atomic E-state index is 0.00343. The van der Waals surface area contributed by atoms with Gasteiger partial charge in [0.25, 0.3) is 0 Å². The van der Waals surface area contributed by atoms with Gasteiger partial charge in [0, 0.05) is 52.9 Å². The van der Waals surface area contributed by atoms with Gasteiger partial charge in [0.05, 0.1) is 13.0 Å². The molecule has 9 nitrogen and oxygen atoms in total. The molecule has 2 aliphatic heterocycles. The highest BCUT2D eigenvalue weighted by atomic mass is 16.6. The van der Waals surface area contributed by atoms with E-state index < -0.39 is 5.60 Å². The molecule has 0 aromatic heterocycles. The molecule has 9 heteroatoms. The minimum Gasteiger partial charge on any atom is -0.469 e. The Kier molecular flexibility index (Phi) is 9.20. The molecule has 172 valence electrons. The van der Waals surface area contributed by atoms with E-state index in [9.17, 15) is 9.59 Å². The van der Waals surface area contributed by atoms with Crippen LogP contribution in [0.3, 0.4) is 0 Å². The number of hydrogen-bond donors (Lipinski definition) is 1. The number of hydrogen-bond acceptors (Lipinski definition) is 6. The maximum absolute atomic E-state index is 12.1. The summed E-state index contributed by atoms with van der Waals surface area (Å²) in [4.78, 5) is 34.6. The average molecular weight is 426 g/mol. The first-order valence-corrected chi connectivity index (χ1v) is 11.0. The highest BCUT2D eigenvalue weighted by Gasteiger charge is 2.27. The first kappa shape index (κ1) is 24.2. The van der Waals surface area contributed by atoms with Crippen molar-refractivity contribution < 1.29 is 19.1 Å². The van der Waals surface area contributed by atoms with Crippen LogP contribution in [0.1, 0.15) is 40.0 Å². The van der Waals surface area contributed by atoms with E-state index in [0.717, 1.165) is 64.5 Å². The number of amides is 1. The fraction of sp³-hybridized carbons (Fsp3) is 0.857. The van der Waals surface area contributed by atoms with Crippen molar-refractivity contribution in [2.75, 3.05) is 66.5 Å². The van der Waals surface area contributed by atoms with Gasteiger partial charge in [-0.2, -0.15) is 0 Å². The predicted octanol–water partition coefficient (Wildman–Crippen LogP) is 1.39. The van der Waals surface area contributed by atoms with E-state index in [2.05, 4.69) is 20.1 Å². The second kappa shape index (κ2) is 11.4. The number of piperazine rings is 1. The fourth-order valence-electron chi connectivity index (χ4n) is 3.81. The lowest BCUT2D eigenvalue weighted by Gasteiger charge is -2.36. The molecule has 2 fully saturated rings. The van der Waals surface area contributed by atoms with E-state index in [1.165, 1.54) is 7.11 Å². The molecule has 0 aromatic rings.